The third kappa shape index (κ3) is 6.16. The Bertz CT molecular complexity index is 1350. The van der Waals surface area contributed by atoms with Gasteiger partial charge in [0.1, 0.15) is 17.7 Å². The van der Waals surface area contributed by atoms with Crippen LogP contribution in [-0.2, 0) is 30.8 Å². The van der Waals surface area contributed by atoms with Gasteiger partial charge in [-0.15, -0.1) is 21.5 Å². The molecule has 1 atom stereocenters. The molecule has 10 heteroatoms. The number of carbonyl (C=O) groups is 1. The summed E-state index contributed by atoms with van der Waals surface area (Å²) in [5, 5.41) is 22.7. The van der Waals surface area contributed by atoms with E-state index in [1.54, 1.807) is 18.4 Å². The highest BCUT2D eigenvalue weighted by molar-refractivity contribution is 7.99. The zero-order chi connectivity index (χ0) is 27.4. The number of anilines is 1. The maximum atomic E-state index is 12.9. The summed E-state index contributed by atoms with van der Waals surface area (Å²) in [5.74, 6) is 2.56. The van der Waals surface area contributed by atoms with E-state index in [1.165, 1.54) is 16.6 Å². The number of nitrogens with one attached hydrogen (secondary N) is 1. The Labute approximate surface area is 232 Å². The van der Waals surface area contributed by atoms with E-state index in [9.17, 15) is 10.1 Å². The van der Waals surface area contributed by atoms with E-state index in [0.717, 1.165) is 30.4 Å². The Morgan fingerprint density at radius 2 is 2.11 bits per heavy atom. The molecule has 38 heavy (non-hydrogen) atoms. The Balaban J connectivity index is 1.39. The van der Waals surface area contributed by atoms with Crippen LogP contribution in [0.5, 0.6) is 11.5 Å². The first-order valence-corrected chi connectivity index (χ1v) is 14.6. The first kappa shape index (κ1) is 28.0. The predicted molar refractivity (Wildman–Crippen MR) is 151 cm³/mol. The number of carbonyl (C=O) groups excluding carboxylic acids is 1. The molecule has 0 spiro atoms. The lowest BCUT2D eigenvalue weighted by Crippen LogP contribution is -2.26. The van der Waals surface area contributed by atoms with E-state index < -0.39 is 0 Å². The maximum absolute atomic E-state index is 12.9. The number of nitriles is 1. The van der Waals surface area contributed by atoms with Crippen molar-refractivity contribution in [1.29, 1.82) is 5.26 Å². The number of ether oxygens (including phenoxy) is 2. The van der Waals surface area contributed by atoms with Gasteiger partial charge in [0.25, 0.3) is 0 Å². The summed E-state index contributed by atoms with van der Waals surface area (Å²) in [4.78, 5) is 14.1. The quantitative estimate of drug-likeness (QED) is 0.324. The van der Waals surface area contributed by atoms with Gasteiger partial charge in [-0.2, -0.15) is 5.26 Å². The summed E-state index contributed by atoms with van der Waals surface area (Å²) >= 11 is 2.87. The van der Waals surface area contributed by atoms with Crippen molar-refractivity contribution in [2.75, 3.05) is 18.2 Å². The van der Waals surface area contributed by atoms with Crippen molar-refractivity contribution in [3.63, 3.8) is 0 Å². The highest BCUT2D eigenvalue weighted by atomic mass is 32.2. The number of hydrogen-bond donors (Lipinski definition) is 1. The third-order valence-corrected chi connectivity index (χ3v) is 9.11. The zero-order valence-corrected chi connectivity index (χ0v) is 24.5. The second-order valence-electron chi connectivity index (χ2n) is 10.5. The highest BCUT2D eigenvalue weighted by Crippen LogP contribution is 2.44. The van der Waals surface area contributed by atoms with Gasteiger partial charge in [-0.3, -0.25) is 4.79 Å². The maximum Gasteiger partial charge on any atom is 0.235 e. The van der Waals surface area contributed by atoms with Gasteiger partial charge < -0.3 is 19.4 Å². The summed E-state index contributed by atoms with van der Waals surface area (Å²) in [7, 11) is 1.61. The van der Waals surface area contributed by atoms with Crippen molar-refractivity contribution in [2.24, 2.45) is 11.3 Å². The van der Waals surface area contributed by atoms with Gasteiger partial charge in [-0.25, -0.2) is 0 Å². The molecule has 0 fully saturated rings. The fourth-order valence-corrected chi connectivity index (χ4v) is 6.83. The molecular formula is C28H35N5O3S2. The number of thioether (sulfide) groups is 1. The summed E-state index contributed by atoms with van der Waals surface area (Å²) in [6, 6.07) is 8.10. The number of nitrogens with zero attached hydrogens (tertiary/aromatic N) is 4. The molecule has 4 rings (SSSR count). The normalized spacial score (nSPS) is 15.0. The minimum Gasteiger partial charge on any atom is -0.493 e. The van der Waals surface area contributed by atoms with E-state index in [4.69, 9.17) is 9.47 Å². The van der Waals surface area contributed by atoms with E-state index in [1.807, 2.05) is 36.6 Å². The first-order chi connectivity index (χ1) is 18.1. The van der Waals surface area contributed by atoms with Crippen LogP contribution in [-0.4, -0.2) is 33.5 Å². The number of aryl methyl sites for hydroxylation is 1. The van der Waals surface area contributed by atoms with Crippen LogP contribution in [0.4, 0.5) is 5.00 Å². The van der Waals surface area contributed by atoms with Crippen molar-refractivity contribution < 1.29 is 14.3 Å². The second-order valence-corrected chi connectivity index (χ2v) is 12.6. The van der Waals surface area contributed by atoms with Crippen LogP contribution in [0, 0.1) is 29.6 Å². The van der Waals surface area contributed by atoms with Crippen LogP contribution in [0.2, 0.25) is 0 Å². The Kier molecular flexibility index (Phi) is 8.68. The molecule has 0 radical (unpaired) electrons. The van der Waals surface area contributed by atoms with Gasteiger partial charge in [0.05, 0.1) is 18.4 Å². The van der Waals surface area contributed by atoms with Crippen LogP contribution in [0.1, 0.15) is 61.5 Å². The van der Waals surface area contributed by atoms with Gasteiger partial charge in [0, 0.05) is 11.4 Å². The molecule has 0 saturated heterocycles. The van der Waals surface area contributed by atoms with E-state index in [-0.39, 0.29) is 23.7 Å². The standard InChI is InChI=1S/C28H35N5O3S2/c1-7-33-24(15-36-21-11-8-17(2)12-22(21)35-6)31-32-27(33)37-16-25(34)30-26-20(14-29)19-10-9-18(28(3,4)5)13-23(19)38-26/h8,11-12,18H,7,9-10,13,15-16H2,1-6H3,(H,30,34)/t18-/m0/s1. The first-order valence-electron chi connectivity index (χ1n) is 12.8. The van der Waals surface area contributed by atoms with Gasteiger partial charge in [0.2, 0.25) is 5.91 Å². The molecule has 1 aliphatic carbocycles. The van der Waals surface area contributed by atoms with Gasteiger partial charge in [-0.05, 0) is 67.7 Å². The largest absolute Gasteiger partial charge is 0.493 e. The molecule has 2 aromatic heterocycles. The summed E-state index contributed by atoms with van der Waals surface area (Å²) in [6.45, 7) is 11.7. The molecule has 0 saturated carbocycles. The van der Waals surface area contributed by atoms with E-state index in [0.29, 0.717) is 45.5 Å². The van der Waals surface area contributed by atoms with Crippen LogP contribution >= 0.6 is 23.1 Å². The van der Waals surface area contributed by atoms with Crippen molar-refractivity contribution in [3.05, 3.63) is 45.6 Å². The lowest BCUT2D eigenvalue weighted by Gasteiger charge is -2.33. The molecule has 2 heterocycles. The van der Waals surface area contributed by atoms with Crippen LogP contribution in [0.25, 0.3) is 0 Å². The Hall–Kier alpha value is -3.03. The molecule has 8 nitrogen and oxygen atoms in total. The summed E-state index contributed by atoms with van der Waals surface area (Å²) in [6.07, 6.45) is 2.92. The Morgan fingerprint density at radius 1 is 1.32 bits per heavy atom. The molecule has 0 aliphatic heterocycles. The van der Waals surface area contributed by atoms with Gasteiger partial charge in [-0.1, -0.05) is 38.6 Å². The number of methoxy groups -OCH3 is 1. The van der Waals surface area contributed by atoms with Gasteiger partial charge in [0.15, 0.2) is 22.5 Å². The lowest BCUT2D eigenvalue weighted by atomic mass is 9.72. The molecule has 0 unspecified atom stereocenters. The van der Waals surface area contributed by atoms with Crippen LogP contribution in [0.15, 0.2) is 23.4 Å². The smallest absolute Gasteiger partial charge is 0.235 e. The van der Waals surface area contributed by atoms with E-state index in [2.05, 4.69) is 42.4 Å². The van der Waals surface area contributed by atoms with Crippen LogP contribution < -0.4 is 14.8 Å². The molecule has 202 valence electrons. The van der Waals surface area contributed by atoms with Crippen molar-refractivity contribution in [1.82, 2.24) is 14.8 Å². The summed E-state index contributed by atoms with van der Waals surface area (Å²) in [5.41, 5.74) is 3.04. The highest BCUT2D eigenvalue weighted by Gasteiger charge is 2.32. The SMILES string of the molecule is CCn1c(COc2ccc(C)cc2OC)nnc1SCC(=O)Nc1sc2c(c1C#N)CC[C@H](C(C)(C)C)C2. The molecule has 1 aliphatic rings. The minimum absolute atomic E-state index is 0.162. The van der Waals surface area contributed by atoms with Crippen LogP contribution in [0.3, 0.4) is 0 Å². The number of hydrogen-bond acceptors (Lipinski definition) is 8. The summed E-state index contributed by atoms with van der Waals surface area (Å²) < 4.78 is 13.3. The average molecular weight is 554 g/mol. The number of thiophene rings is 1. The molecule has 1 amide bonds. The molecule has 1 aromatic carbocycles. The lowest BCUT2D eigenvalue weighted by molar-refractivity contribution is -0.113. The Morgan fingerprint density at radius 3 is 2.79 bits per heavy atom. The minimum atomic E-state index is -0.162. The molecular weight excluding hydrogens is 518 g/mol. The third-order valence-electron chi connectivity index (χ3n) is 6.97. The number of aromatic nitrogens is 3. The number of benzene rings is 1. The monoisotopic (exact) mass is 553 g/mol. The topological polar surface area (TPSA) is 102 Å². The average Bonchev–Trinajstić information content (AvgIpc) is 3.45. The van der Waals surface area contributed by atoms with Crippen molar-refractivity contribution in [3.8, 4) is 17.6 Å². The zero-order valence-electron chi connectivity index (χ0n) is 22.9. The number of fused-ring (bicyclic) bond motifs is 1. The fraction of sp³-hybridized carbons (Fsp3) is 0.500. The molecule has 0 bridgehead atoms. The van der Waals surface area contributed by atoms with Crippen molar-refractivity contribution in [2.45, 2.75) is 72.2 Å². The number of amides is 1. The fourth-order valence-electron chi connectivity index (χ4n) is 4.71. The van der Waals surface area contributed by atoms with Gasteiger partial charge >= 0.3 is 0 Å². The van der Waals surface area contributed by atoms with Crippen molar-refractivity contribution >= 4 is 34.0 Å². The second kappa shape index (κ2) is 11.8. The molecule has 3 aromatic rings. The molecule has 1 N–H and O–H groups in total. The van der Waals surface area contributed by atoms with E-state index >= 15 is 0 Å². The predicted octanol–water partition coefficient (Wildman–Crippen LogP) is 6.01. The number of rotatable bonds is 9.